The Kier molecular flexibility index (Phi) is 259. The van der Waals surface area contributed by atoms with Gasteiger partial charge in [-0.05, 0) is 0 Å². The topological polar surface area (TPSA) is 31.5 Å². The van der Waals surface area contributed by atoms with E-state index in [9.17, 15) is 0 Å². The summed E-state index contributed by atoms with van der Waals surface area (Å²) in [6.07, 6.45) is 0. The second-order valence-corrected chi connectivity index (χ2v) is 0. The fourth-order valence-corrected chi connectivity index (χ4v) is 0. The molecule has 2 N–H and O–H groups in total. The Bertz CT molecular complexity index is 8.00. The summed E-state index contributed by atoms with van der Waals surface area (Å²) in [5, 5.41) is 0. The van der Waals surface area contributed by atoms with Crippen molar-refractivity contribution in [2.45, 2.75) is 0 Å². The van der Waals surface area contributed by atoms with Gasteiger partial charge in [-0.1, -0.05) is 0 Å². The van der Waals surface area contributed by atoms with Crippen molar-refractivity contribution in [3.05, 3.63) is 0 Å². The molecule has 0 aliphatic heterocycles. The summed E-state index contributed by atoms with van der Waals surface area (Å²) in [4.78, 5) is 0. The molecular weight excluding hydrogens is 204 g/mol. The third-order valence-corrected chi connectivity index (χ3v) is 0. The van der Waals surface area contributed by atoms with Crippen molar-refractivity contribution in [3.8, 4) is 0 Å². The van der Waals surface area contributed by atoms with Crippen LogP contribution in [0.25, 0.3) is 0 Å². The zero-order chi connectivity index (χ0) is 0. The Labute approximate surface area is 54.4 Å². The average Bonchev–Trinajstić information content (AvgIpc) is 0. The van der Waals surface area contributed by atoms with Gasteiger partial charge >= 0.3 is 0 Å². The maximum absolute atomic E-state index is 0. The molecular formula is H5OPPdV. The van der Waals surface area contributed by atoms with Crippen LogP contribution in [0.1, 0.15) is 0 Å². The van der Waals surface area contributed by atoms with E-state index in [1.807, 2.05) is 0 Å². The van der Waals surface area contributed by atoms with Crippen LogP contribution in [0.3, 0.4) is 0 Å². The molecule has 1 nitrogen and oxygen atoms in total. The standard InChI is InChI=1S/H2O.H3P.Pd.V/h1H2;1H3;;. The number of hydrogen-bond donors (Lipinski definition) is 0. The molecule has 1 radical (unpaired) electrons. The molecule has 0 aromatic rings. The van der Waals surface area contributed by atoms with Crippen LogP contribution >= 0.6 is 9.90 Å². The smallest absolute Gasteiger partial charge is 0 e. The quantitative estimate of drug-likeness (QED) is 0.371. The maximum atomic E-state index is 0. The number of hydrogen-bond acceptors (Lipinski definition) is 0. The molecule has 1 atom stereocenters. The fourth-order valence-electron chi connectivity index (χ4n) is 0. The summed E-state index contributed by atoms with van der Waals surface area (Å²) in [7, 11) is 0. The van der Waals surface area contributed by atoms with Gasteiger partial charge < -0.3 is 5.48 Å². The minimum atomic E-state index is 0. The first-order chi connectivity index (χ1) is 0. The van der Waals surface area contributed by atoms with E-state index >= 15 is 0 Å². The van der Waals surface area contributed by atoms with E-state index in [4.69, 9.17) is 0 Å². The van der Waals surface area contributed by atoms with Crippen molar-refractivity contribution in [2.24, 2.45) is 0 Å². The van der Waals surface area contributed by atoms with Gasteiger partial charge in [0.1, 0.15) is 0 Å². The molecule has 0 saturated heterocycles. The first-order valence-corrected chi connectivity index (χ1v) is 0. The molecule has 0 aromatic carbocycles. The Hall–Kier alpha value is 1.64. The maximum Gasteiger partial charge on any atom is 0 e. The van der Waals surface area contributed by atoms with Crippen LogP contribution in [0.15, 0.2) is 0 Å². The van der Waals surface area contributed by atoms with Crippen LogP contribution in [0.5, 0.6) is 0 Å². The molecule has 1 unspecified atom stereocenters. The molecule has 0 aromatic heterocycles. The molecule has 0 bridgehead atoms. The molecule has 0 aliphatic carbocycles. The third-order valence-electron chi connectivity index (χ3n) is 0. The molecule has 0 rings (SSSR count). The molecule has 0 heterocycles. The van der Waals surface area contributed by atoms with Crippen LogP contribution in [-0.2, 0) is 39.0 Å². The predicted molar refractivity (Wildman–Crippen MR) is 14.7 cm³/mol. The van der Waals surface area contributed by atoms with Gasteiger partial charge in [-0.15, -0.1) is 0 Å². The zero-order valence-corrected chi connectivity index (χ0v) is 6.34. The van der Waals surface area contributed by atoms with E-state index in [-0.39, 0.29) is 54.4 Å². The van der Waals surface area contributed by atoms with Crippen LogP contribution in [0.4, 0.5) is 0 Å². The van der Waals surface area contributed by atoms with Crippen LogP contribution < -0.4 is 0 Å². The van der Waals surface area contributed by atoms with Crippen molar-refractivity contribution < 1.29 is 44.5 Å². The molecule has 0 amide bonds. The van der Waals surface area contributed by atoms with Gasteiger partial charge in [0.2, 0.25) is 0 Å². The van der Waals surface area contributed by atoms with Gasteiger partial charge in [0.15, 0.2) is 0 Å². The van der Waals surface area contributed by atoms with Gasteiger partial charge in [-0.25, -0.2) is 0 Å². The molecule has 31 valence electrons. The Balaban J connectivity index is 0. The van der Waals surface area contributed by atoms with Gasteiger partial charge in [0, 0.05) is 39.0 Å². The minimum absolute atomic E-state index is 0. The zero-order valence-electron chi connectivity index (χ0n) is 1.97. The van der Waals surface area contributed by atoms with Crippen molar-refractivity contribution in [1.82, 2.24) is 0 Å². The average molecular weight is 209 g/mol. The van der Waals surface area contributed by atoms with Crippen molar-refractivity contribution in [1.29, 1.82) is 0 Å². The van der Waals surface area contributed by atoms with E-state index in [1.54, 1.807) is 0 Å². The Morgan fingerprint density at radius 3 is 1.00 bits per heavy atom. The summed E-state index contributed by atoms with van der Waals surface area (Å²) < 4.78 is 0. The van der Waals surface area contributed by atoms with Crippen molar-refractivity contribution >= 4 is 9.90 Å². The van der Waals surface area contributed by atoms with Crippen molar-refractivity contribution in [2.75, 3.05) is 0 Å². The van der Waals surface area contributed by atoms with Gasteiger partial charge in [0.05, 0.1) is 0 Å². The summed E-state index contributed by atoms with van der Waals surface area (Å²) in [6.45, 7) is 0. The summed E-state index contributed by atoms with van der Waals surface area (Å²) in [5.74, 6) is 0. The second-order valence-electron chi connectivity index (χ2n) is 0. The molecule has 0 saturated carbocycles. The molecule has 0 aliphatic rings. The van der Waals surface area contributed by atoms with Crippen molar-refractivity contribution in [3.63, 3.8) is 0 Å². The normalized spacial score (nSPS) is 0. The molecule has 0 spiro atoms. The van der Waals surface area contributed by atoms with Crippen LogP contribution in [0, 0.1) is 0 Å². The second kappa shape index (κ2) is 22.9. The van der Waals surface area contributed by atoms with Crippen LogP contribution in [-0.4, -0.2) is 5.48 Å². The summed E-state index contributed by atoms with van der Waals surface area (Å²) >= 11 is 0. The van der Waals surface area contributed by atoms with E-state index in [2.05, 4.69) is 0 Å². The fraction of sp³-hybridized carbons (Fsp3) is 0. The Morgan fingerprint density at radius 1 is 1.00 bits per heavy atom. The van der Waals surface area contributed by atoms with E-state index < -0.39 is 0 Å². The van der Waals surface area contributed by atoms with Gasteiger partial charge in [-0.2, -0.15) is 9.90 Å². The molecule has 4 heavy (non-hydrogen) atoms. The predicted octanol–water partition coefficient (Wildman–Crippen LogP) is -0.772. The van der Waals surface area contributed by atoms with E-state index in [0.717, 1.165) is 0 Å². The molecule has 0 fully saturated rings. The van der Waals surface area contributed by atoms with Gasteiger partial charge in [0.25, 0.3) is 0 Å². The van der Waals surface area contributed by atoms with Gasteiger partial charge in [-0.3, -0.25) is 0 Å². The van der Waals surface area contributed by atoms with Crippen LogP contribution in [0.2, 0.25) is 0 Å². The SMILES string of the molecule is O.P.[Pd].[V]. The van der Waals surface area contributed by atoms with E-state index in [0.29, 0.717) is 0 Å². The largest absolute Gasteiger partial charge is 0.412 e. The summed E-state index contributed by atoms with van der Waals surface area (Å²) in [6, 6.07) is 0. The van der Waals surface area contributed by atoms with E-state index in [1.165, 1.54) is 0 Å². The summed E-state index contributed by atoms with van der Waals surface area (Å²) in [5.41, 5.74) is 0. The first kappa shape index (κ1) is 45.2. The first-order valence-electron chi connectivity index (χ1n) is 0. The number of rotatable bonds is 0. The molecule has 4 heteroatoms. The minimum Gasteiger partial charge on any atom is -0.412 e. The monoisotopic (exact) mass is 209 g/mol. The Morgan fingerprint density at radius 2 is 1.00 bits per heavy atom. The third kappa shape index (κ3) is 9.44.